The predicted octanol–water partition coefficient (Wildman–Crippen LogP) is 3.34. The molecule has 1 aliphatic heterocycles. The third-order valence-electron chi connectivity index (χ3n) is 4.55. The number of nitrogens with one attached hydrogen (secondary N) is 1. The van der Waals surface area contributed by atoms with E-state index in [2.05, 4.69) is 21.4 Å². The Morgan fingerprint density at radius 3 is 2.94 bits per heavy atom. The molecule has 9 nitrogen and oxygen atoms in total. The summed E-state index contributed by atoms with van der Waals surface area (Å²) in [7, 11) is 0. The molecule has 0 spiro atoms. The van der Waals surface area contributed by atoms with Gasteiger partial charge >= 0.3 is 12.0 Å². The van der Waals surface area contributed by atoms with Crippen LogP contribution in [0.4, 0.5) is 5.82 Å². The summed E-state index contributed by atoms with van der Waals surface area (Å²) in [4.78, 5) is 20.2. The molecule has 0 aliphatic carbocycles. The van der Waals surface area contributed by atoms with Crippen molar-refractivity contribution in [2.45, 2.75) is 13.5 Å². The molecule has 0 atom stereocenters. The maximum absolute atomic E-state index is 11.4. The molecule has 1 aliphatic rings. The molecular weight excluding hydrogens is 412 g/mol. The summed E-state index contributed by atoms with van der Waals surface area (Å²) in [6, 6.07) is 13.1. The summed E-state index contributed by atoms with van der Waals surface area (Å²) >= 11 is 0. The number of fused-ring (bicyclic) bond motifs is 2. The number of benzene rings is 2. The minimum absolute atomic E-state index is 0.0994. The van der Waals surface area contributed by atoms with Gasteiger partial charge in [-0.1, -0.05) is 6.07 Å². The van der Waals surface area contributed by atoms with E-state index in [0.717, 1.165) is 5.56 Å². The summed E-state index contributed by atoms with van der Waals surface area (Å²) in [5, 5.41) is 13.2. The highest BCUT2D eigenvalue weighted by molar-refractivity contribution is 5.90. The zero-order valence-electron chi connectivity index (χ0n) is 17.3. The Kier molecular flexibility index (Phi) is 6.32. The summed E-state index contributed by atoms with van der Waals surface area (Å²) in [5.41, 5.74) is 2.09. The molecule has 9 heteroatoms. The largest absolute Gasteiger partial charge is 0.463 e. The average Bonchev–Trinajstić information content (AvgIpc) is 3.28. The molecular formula is C23H20N4O5. The minimum atomic E-state index is -0.439. The monoisotopic (exact) mass is 432 g/mol. The van der Waals surface area contributed by atoms with Gasteiger partial charge in [0.05, 0.1) is 23.8 Å². The van der Waals surface area contributed by atoms with Crippen LogP contribution in [0, 0.1) is 11.3 Å². The van der Waals surface area contributed by atoms with Crippen LogP contribution in [0.3, 0.4) is 0 Å². The molecule has 3 aromatic rings. The topological polar surface area (TPSA) is 116 Å². The summed E-state index contributed by atoms with van der Waals surface area (Å²) in [6.45, 7) is 2.82. The van der Waals surface area contributed by atoms with E-state index in [1.165, 1.54) is 12.2 Å². The Morgan fingerprint density at radius 1 is 1.22 bits per heavy atom. The van der Waals surface area contributed by atoms with Crippen molar-refractivity contribution in [1.29, 1.82) is 5.26 Å². The lowest BCUT2D eigenvalue weighted by Gasteiger charge is -2.11. The number of hydrogen-bond donors (Lipinski definition) is 1. The standard InChI is InChI=1S/C23H20N4O5/c1-2-29-21(28)4-3-9-30-23-26-18-7-5-15(12-24)10-17(18)22(27-23)25-13-16-6-8-19-20(11-16)32-14-31-19/h3-8,10-11H,2,9,13-14H2,1H3,(H,25,26,27). The van der Waals surface area contributed by atoms with Crippen LogP contribution in [0.1, 0.15) is 18.1 Å². The number of aromatic nitrogens is 2. The smallest absolute Gasteiger partial charge is 0.330 e. The number of nitrogens with zero attached hydrogens (tertiary/aromatic N) is 3. The predicted molar refractivity (Wildman–Crippen MR) is 115 cm³/mol. The zero-order chi connectivity index (χ0) is 22.3. The van der Waals surface area contributed by atoms with Gasteiger partial charge in [-0.25, -0.2) is 4.79 Å². The molecule has 2 heterocycles. The quantitative estimate of drug-likeness (QED) is 0.422. The van der Waals surface area contributed by atoms with E-state index < -0.39 is 5.97 Å². The van der Waals surface area contributed by atoms with Crippen molar-refractivity contribution < 1.29 is 23.7 Å². The first kappa shape index (κ1) is 20.9. The molecule has 0 unspecified atom stereocenters. The Labute approximate surface area is 184 Å². The molecule has 0 amide bonds. The summed E-state index contributed by atoms with van der Waals surface area (Å²) in [5.74, 6) is 1.49. The van der Waals surface area contributed by atoms with Crippen LogP contribution in [-0.4, -0.2) is 35.9 Å². The third-order valence-corrected chi connectivity index (χ3v) is 4.55. The molecule has 2 aromatic carbocycles. The lowest BCUT2D eigenvalue weighted by molar-refractivity contribution is -0.137. The number of carbonyl (C=O) groups is 1. The van der Waals surface area contributed by atoms with E-state index >= 15 is 0 Å². The van der Waals surface area contributed by atoms with Gasteiger partial charge in [0.15, 0.2) is 11.5 Å². The fourth-order valence-electron chi connectivity index (χ4n) is 3.07. The lowest BCUT2D eigenvalue weighted by Crippen LogP contribution is -2.06. The first-order valence-electron chi connectivity index (χ1n) is 9.96. The molecule has 1 aromatic heterocycles. The number of esters is 1. The highest BCUT2D eigenvalue weighted by atomic mass is 16.7. The van der Waals surface area contributed by atoms with Gasteiger partial charge in [0.1, 0.15) is 12.4 Å². The van der Waals surface area contributed by atoms with Gasteiger partial charge in [0, 0.05) is 18.0 Å². The zero-order valence-corrected chi connectivity index (χ0v) is 17.3. The van der Waals surface area contributed by atoms with Gasteiger partial charge in [0.2, 0.25) is 6.79 Å². The molecule has 0 saturated carbocycles. The minimum Gasteiger partial charge on any atom is -0.463 e. The first-order valence-corrected chi connectivity index (χ1v) is 9.96. The van der Waals surface area contributed by atoms with E-state index in [0.29, 0.717) is 46.9 Å². The van der Waals surface area contributed by atoms with Gasteiger partial charge in [0.25, 0.3) is 0 Å². The Balaban J connectivity index is 1.54. The van der Waals surface area contributed by atoms with Crippen molar-refractivity contribution in [3.63, 3.8) is 0 Å². The van der Waals surface area contributed by atoms with E-state index in [4.69, 9.17) is 18.9 Å². The van der Waals surface area contributed by atoms with Crippen LogP contribution in [0.15, 0.2) is 48.6 Å². The second-order valence-electron chi connectivity index (χ2n) is 6.71. The Hall–Kier alpha value is -4.32. The molecule has 0 saturated heterocycles. The maximum Gasteiger partial charge on any atom is 0.330 e. The van der Waals surface area contributed by atoms with Crippen LogP contribution in [0.5, 0.6) is 17.5 Å². The highest BCUT2D eigenvalue weighted by Crippen LogP contribution is 2.33. The number of carbonyl (C=O) groups excluding carboxylic acids is 1. The number of hydrogen-bond acceptors (Lipinski definition) is 9. The highest BCUT2D eigenvalue weighted by Gasteiger charge is 2.14. The Bertz CT molecular complexity index is 1220. The van der Waals surface area contributed by atoms with Crippen molar-refractivity contribution in [1.82, 2.24) is 9.97 Å². The fourth-order valence-corrected chi connectivity index (χ4v) is 3.07. The molecule has 0 radical (unpaired) electrons. The van der Waals surface area contributed by atoms with Crippen LogP contribution < -0.4 is 19.5 Å². The van der Waals surface area contributed by atoms with Gasteiger partial charge in [-0.2, -0.15) is 15.2 Å². The molecule has 162 valence electrons. The van der Waals surface area contributed by atoms with Crippen LogP contribution >= 0.6 is 0 Å². The first-order chi connectivity index (χ1) is 15.7. The lowest BCUT2D eigenvalue weighted by atomic mass is 10.1. The number of ether oxygens (including phenoxy) is 4. The fraction of sp³-hybridized carbons (Fsp3) is 0.217. The number of rotatable bonds is 8. The normalized spacial score (nSPS) is 12.0. The maximum atomic E-state index is 11.4. The van der Waals surface area contributed by atoms with Crippen molar-refractivity contribution in [3.05, 3.63) is 59.7 Å². The average molecular weight is 432 g/mol. The van der Waals surface area contributed by atoms with Crippen molar-refractivity contribution in [3.8, 4) is 23.6 Å². The third kappa shape index (κ3) is 4.87. The molecule has 0 bridgehead atoms. The molecule has 1 N–H and O–H groups in total. The summed E-state index contributed by atoms with van der Waals surface area (Å²) < 4.78 is 21.2. The molecule has 32 heavy (non-hydrogen) atoms. The second-order valence-corrected chi connectivity index (χ2v) is 6.71. The molecule has 0 fully saturated rings. The van der Waals surface area contributed by atoms with Crippen LogP contribution in [0.2, 0.25) is 0 Å². The summed E-state index contributed by atoms with van der Waals surface area (Å²) in [6.07, 6.45) is 2.83. The second kappa shape index (κ2) is 9.66. The number of nitriles is 1. The van der Waals surface area contributed by atoms with Crippen molar-refractivity contribution in [2.75, 3.05) is 25.3 Å². The van der Waals surface area contributed by atoms with E-state index in [-0.39, 0.29) is 19.4 Å². The van der Waals surface area contributed by atoms with E-state index in [1.807, 2.05) is 18.2 Å². The van der Waals surface area contributed by atoms with Gasteiger partial charge in [-0.15, -0.1) is 0 Å². The van der Waals surface area contributed by atoms with E-state index in [9.17, 15) is 10.1 Å². The number of anilines is 1. The Morgan fingerprint density at radius 2 is 2.09 bits per heavy atom. The van der Waals surface area contributed by atoms with Crippen LogP contribution in [0.25, 0.3) is 10.9 Å². The van der Waals surface area contributed by atoms with Gasteiger partial charge < -0.3 is 24.3 Å². The van der Waals surface area contributed by atoms with Gasteiger partial charge in [-0.05, 0) is 48.9 Å². The van der Waals surface area contributed by atoms with E-state index in [1.54, 1.807) is 25.1 Å². The van der Waals surface area contributed by atoms with Gasteiger partial charge in [-0.3, -0.25) is 0 Å². The van der Waals surface area contributed by atoms with Crippen LogP contribution in [-0.2, 0) is 16.1 Å². The van der Waals surface area contributed by atoms with Crippen molar-refractivity contribution in [2.24, 2.45) is 0 Å². The SMILES string of the molecule is CCOC(=O)C=CCOc1nc(NCc2ccc3c(c2)OCO3)c2cc(C#N)ccc2n1. The molecule has 4 rings (SSSR count). The van der Waals surface area contributed by atoms with Crippen molar-refractivity contribution >= 4 is 22.7 Å².